The van der Waals surface area contributed by atoms with E-state index in [0.29, 0.717) is 19.0 Å². The Labute approximate surface area is 162 Å². The van der Waals surface area contributed by atoms with Gasteiger partial charge in [0, 0.05) is 17.7 Å². The third-order valence-electron chi connectivity index (χ3n) is 4.49. The highest BCUT2D eigenvalue weighted by atomic mass is 16.5. The summed E-state index contributed by atoms with van der Waals surface area (Å²) >= 11 is 0. The zero-order valence-corrected chi connectivity index (χ0v) is 15.8. The first-order valence-corrected chi connectivity index (χ1v) is 9.05. The van der Waals surface area contributed by atoms with Crippen molar-refractivity contribution in [2.45, 2.75) is 20.5 Å². The fourth-order valence-electron chi connectivity index (χ4n) is 3.06. The van der Waals surface area contributed by atoms with E-state index in [1.165, 1.54) is 6.33 Å². The first-order chi connectivity index (χ1) is 13.7. The lowest BCUT2D eigenvalue weighted by atomic mass is 9.99. The molecule has 142 valence electrons. The highest BCUT2D eigenvalue weighted by molar-refractivity contribution is 5.80. The van der Waals surface area contributed by atoms with Crippen LogP contribution in [-0.2, 0) is 11.3 Å². The molecule has 0 spiro atoms. The lowest BCUT2D eigenvalue weighted by molar-refractivity contribution is 0.134. The third kappa shape index (κ3) is 3.52. The Morgan fingerprint density at radius 1 is 1.14 bits per heavy atom. The first-order valence-electron chi connectivity index (χ1n) is 9.05. The van der Waals surface area contributed by atoms with Crippen LogP contribution in [0.2, 0.25) is 0 Å². The van der Waals surface area contributed by atoms with E-state index in [1.54, 1.807) is 11.0 Å². The predicted molar refractivity (Wildman–Crippen MR) is 107 cm³/mol. The van der Waals surface area contributed by atoms with Gasteiger partial charge in [-0.2, -0.15) is 10.1 Å². The number of oxazole rings is 1. The summed E-state index contributed by atoms with van der Waals surface area (Å²) in [5.74, 6) is 0.638. The van der Waals surface area contributed by atoms with E-state index in [2.05, 4.69) is 33.3 Å². The van der Waals surface area contributed by atoms with Gasteiger partial charge in [-0.25, -0.2) is 9.67 Å². The molecule has 0 aliphatic rings. The summed E-state index contributed by atoms with van der Waals surface area (Å²) in [5.41, 5.74) is 11.6. The van der Waals surface area contributed by atoms with Gasteiger partial charge in [-0.05, 0) is 55.3 Å². The van der Waals surface area contributed by atoms with Crippen molar-refractivity contribution < 1.29 is 9.15 Å². The number of aromatic nitrogens is 4. The zero-order valence-electron chi connectivity index (χ0n) is 15.8. The summed E-state index contributed by atoms with van der Waals surface area (Å²) in [5, 5.41) is 4.14. The Morgan fingerprint density at radius 2 is 1.96 bits per heavy atom. The fraction of sp³-hybridized carbons (Fsp3) is 0.190. The molecule has 0 unspecified atom stereocenters. The fourth-order valence-corrected chi connectivity index (χ4v) is 3.06. The molecule has 4 rings (SSSR count). The number of aryl methyl sites for hydroxylation is 1. The maximum absolute atomic E-state index is 5.90. The SMILES string of the molecule is CCOCc1ccc(C)c(-c2nc(N)oc2-c2ccc(-n3cncn3)cc2)c1. The normalized spacial score (nSPS) is 11.1. The van der Waals surface area contributed by atoms with Crippen molar-refractivity contribution >= 4 is 6.01 Å². The molecule has 28 heavy (non-hydrogen) atoms. The van der Waals surface area contributed by atoms with E-state index in [9.17, 15) is 0 Å². The van der Waals surface area contributed by atoms with E-state index in [-0.39, 0.29) is 6.01 Å². The number of nitrogen functional groups attached to an aromatic ring is 1. The van der Waals surface area contributed by atoms with Crippen molar-refractivity contribution in [2.75, 3.05) is 12.3 Å². The van der Waals surface area contributed by atoms with Crippen LogP contribution in [0.1, 0.15) is 18.1 Å². The van der Waals surface area contributed by atoms with Crippen LogP contribution in [0.3, 0.4) is 0 Å². The molecule has 0 aliphatic carbocycles. The van der Waals surface area contributed by atoms with Crippen LogP contribution >= 0.6 is 0 Å². The Bertz CT molecular complexity index is 1070. The second-order valence-corrected chi connectivity index (χ2v) is 6.40. The Kier molecular flexibility index (Phi) is 4.90. The average Bonchev–Trinajstić information content (AvgIpc) is 3.37. The summed E-state index contributed by atoms with van der Waals surface area (Å²) in [6, 6.07) is 14.2. The number of nitrogens with zero attached hydrogens (tertiary/aromatic N) is 4. The molecule has 4 aromatic rings. The largest absolute Gasteiger partial charge is 0.423 e. The van der Waals surface area contributed by atoms with Crippen molar-refractivity contribution in [1.82, 2.24) is 19.7 Å². The van der Waals surface area contributed by atoms with Crippen molar-refractivity contribution in [3.05, 3.63) is 66.2 Å². The number of hydrogen-bond acceptors (Lipinski definition) is 6. The van der Waals surface area contributed by atoms with Gasteiger partial charge in [0.05, 0.1) is 12.3 Å². The molecule has 0 atom stereocenters. The van der Waals surface area contributed by atoms with Crippen molar-refractivity contribution in [2.24, 2.45) is 0 Å². The van der Waals surface area contributed by atoms with Gasteiger partial charge in [-0.15, -0.1) is 0 Å². The smallest absolute Gasteiger partial charge is 0.293 e. The summed E-state index contributed by atoms with van der Waals surface area (Å²) < 4.78 is 13.0. The summed E-state index contributed by atoms with van der Waals surface area (Å²) in [6.45, 7) is 5.25. The minimum atomic E-state index is 0.139. The van der Waals surface area contributed by atoms with Crippen LogP contribution in [0.25, 0.3) is 28.3 Å². The molecule has 0 radical (unpaired) electrons. The minimum Gasteiger partial charge on any atom is -0.423 e. The Balaban J connectivity index is 1.73. The van der Waals surface area contributed by atoms with Crippen LogP contribution in [0, 0.1) is 6.92 Å². The molecule has 0 aliphatic heterocycles. The minimum absolute atomic E-state index is 0.139. The van der Waals surface area contributed by atoms with E-state index < -0.39 is 0 Å². The molecule has 7 heteroatoms. The van der Waals surface area contributed by atoms with E-state index in [1.807, 2.05) is 38.1 Å². The topological polar surface area (TPSA) is 92.0 Å². The van der Waals surface area contributed by atoms with Crippen molar-refractivity contribution in [3.8, 4) is 28.3 Å². The summed E-state index contributed by atoms with van der Waals surface area (Å²) in [4.78, 5) is 8.43. The molecule has 0 saturated carbocycles. The van der Waals surface area contributed by atoms with Crippen molar-refractivity contribution in [3.63, 3.8) is 0 Å². The number of benzene rings is 2. The molecule has 7 nitrogen and oxygen atoms in total. The standard InChI is InChI=1S/C21H21N5O2/c1-3-27-11-15-5-4-14(2)18(10-15)19-20(28-21(22)25-19)16-6-8-17(9-7-16)26-13-23-12-24-26/h4-10,12-13H,3,11H2,1-2H3,(H2,22,25). The van der Waals surface area contributed by atoms with E-state index in [0.717, 1.165) is 33.6 Å². The monoisotopic (exact) mass is 375 g/mol. The maximum Gasteiger partial charge on any atom is 0.293 e. The van der Waals surface area contributed by atoms with Gasteiger partial charge in [-0.3, -0.25) is 0 Å². The highest BCUT2D eigenvalue weighted by Crippen LogP contribution is 2.36. The number of anilines is 1. The predicted octanol–water partition coefficient (Wildman–Crippen LogP) is 4.02. The second kappa shape index (κ2) is 7.66. The molecule has 0 saturated heterocycles. The maximum atomic E-state index is 5.90. The van der Waals surface area contributed by atoms with Crippen LogP contribution < -0.4 is 5.73 Å². The molecule has 0 bridgehead atoms. The Morgan fingerprint density at radius 3 is 2.68 bits per heavy atom. The molecule has 2 aromatic carbocycles. The average molecular weight is 375 g/mol. The molecular weight excluding hydrogens is 354 g/mol. The number of nitrogens with two attached hydrogens (primary N) is 1. The molecule has 0 amide bonds. The third-order valence-corrected chi connectivity index (χ3v) is 4.49. The van der Waals surface area contributed by atoms with Gasteiger partial charge < -0.3 is 14.9 Å². The van der Waals surface area contributed by atoms with Gasteiger partial charge in [0.1, 0.15) is 18.3 Å². The molecule has 0 fully saturated rings. The molecule has 2 N–H and O–H groups in total. The second-order valence-electron chi connectivity index (χ2n) is 6.40. The quantitative estimate of drug-likeness (QED) is 0.547. The molecule has 2 heterocycles. The number of hydrogen-bond donors (Lipinski definition) is 1. The highest BCUT2D eigenvalue weighted by Gasteiger charge is 2.18. The van der Waals surface area contributed by atoms with Gasteiger partial charge in [-0.1, -0.05) is 12.1 Å². The Hall–Kier alpha value is -3.45. The van der Waals surface area contributed by atoms with Gasteiger partial charge >= 0.3 is 0 Å². The number of rotatable bonds is 6. The van der Waals surface area contributed by atoms with E-state index in [4.69, 9.17) is 14.9 Å². The van der Waals surface area contributed by atoms with Crippen LogP contribution in [-0.4, -0.2) is 26.4 Å². The zero-order chi connectivity index (χ0) is 19.5. The molecule has 2 aromatic heterocycles. The van der Waals surface area contributed by atoms with Crippen LogP contribution in [0.15, 0.2) is 59.5 Å². The summed E-state index contributed by atoms with van der Waals surface area (Å²) in [7, 11) is 0. The first kappa shape index (κ1) is 17.9. The van der Waals surface area contributed by atoms with Crippen LogP contribution in [0.4, 0.5) is 6.01 Å². The lowest BCUT2D eigenvalue weighted by Crippen LogP contribution is -1.95. The van der Waals surface area contributed by atoms with Gasteiger partial charge in [0.25, 0.3) is 6.01 Å². The lowest BCUT2D eigenvalue weighted by Gasteiger charge is -2.09. The molecular formula is C21H21N5O2. The van der Waals surface area contributed by atoms with Gasteiger partial charge in [0.2, 0.25) is 0 Å². The van der Waals surface area contributed by atoms with E-state index >= 15 is 0 Å². The van der Waals surface area contributed by atoms with Crippen LogP contribution in [0.5, 0.6) is 0 Å². The van der Waals surface area contributed by atoms with Gasteiger partial charge in [0.15, 0.2) is 5.76 Å². The van der Waals surface area contributed by atoms with Crippen molar-refractivity contribution in [1.29, 1.82) is 0 Å². The number of ether oxygens (including phenoxy) is 1. The summed E-state index contributed by atoms with van der Waals surface area (Å²) in [6.07, 6.45) is 3.15.